The van der Waals surface area contributed by atoms with Crippen molar-refractivity contribution in [2.45, 2.75) is 50.5 Å². The van der Waals surface area contributed by atoms with E-state index in [1.165, 1.54) is 6.92 Å². The third kappa shape index (κ3) is 15.9. The van der Waals surface area contributed by atoms with Gasteiger partial charge in [-0.2, -0.15) is 0 Å². The number of carboxylic acid groups (broad SMARTS) is 3. The molecular weight excluding hydrogens is 378 g/mol. The molecular formula is C16H31N3O9. The molecule has 1 amide bonds. The first-order valence-corrected chi connectivity index (χ1v) is 8.43. The predicted octanol–water partition coefficient (Wildman–Crippen LogP) is -3.68. The van der Waals surface area contributed by atoms with Gasteiger partial charge in [0.05, 0.1) is 27.2 Å². The molecule has 0 aromatic heterocycles. The number of amides is 1. The van der Waals surface area contributed by atoms with Crippen LogP contribution in [0.4, 0.5) is 0 Å². The summed E-state index contributed by atoms with van der Waals surface area (Å²) in [4.78, 5) is 42.3. The number of quaternary nitrogens is 1. The molecule has 0 saturated heterocycles. The van der Waals surface area contributed by atoms with Crippen LogP contribution in [0.1, 0.15) is 26.2 Å². The summed E-state index contributed by atoms with van der Waals surface area (Å²) in [6, 6.07) is -2.58. The first-order valence-electron chi connectivity index (χ1n) is 8.43. The number of rotatable bonds is 11. The van der Waals surface area contributed by atoms with E-state index < -0.39 is 48.1 Å². The van der Waals surface area contributed by atoms with Crippen molar-refractivity contribution in [2.24, 2.45) is 5.73 Å². The van der Waals surface area contributed by atoms with Crippen LogP contribution in [0.5, 0.6) is 0 Å². The summed E-state index contributed by atoms with van der Waals surface area (Å²) in [5.74, 6) is -4.47. The highest BCUT2D eigenvalue weighted by Gasteiger charge is 2.25. The van der Waals surface area contributed by atoms with E-state index in [4.69, 9.17) is 26.2 Å². The Morgan fingerprint density at radius 2 is 1.57 bits per heavy atom. The largest absolute Gasteiger partial charge is 0.550 e. The van der Waals surface area contributed by atoms with Gasteiger partial charge in [0.2, 0.25) is 5.91 Å². The lowest BCUT2D eigenvalue weighted by Gasteiger charge is -2.26. The zero-order chi connectivity index (χ0) is 22.7. The van der Waals surface area contributed by atoms with E-state index in [1.54, 1.807) is 0 Å². The van der Waals surface area contributed by atoms with Gasteiger partial charge in [-0.25, -0.2) is 4.79 Å². The molecule has 28 heavy (non-hydrogen) atoms. The summed E-state index contributed by atoms with van der Waals surface area (Å²) >= 11 is 0. The number of nitrogens with two attached hydrogens (primary N) is 1. The van der Waals surface area contributed by atoms with Crippen molar-refractivity contribution in [2.75, 3.05) is 27.7 Å². The monoisotopic (exact) mass is 409 g/mol. The normalized spacial score (nSPS) is 15.2. The standard InChI is InChI=1S/C9H16N2O6.C7H15NO3/c1-4(12)7(9(16)17)11-6(13)3-2-5(10)8(14)15;1-8(2,3)5-6(9)4-7(10)11/h4-5,7,12H,2-3,10H2,1H3,(H,11,13)(H,14,15)(H,16,17);6,9H,4-5H2,1-3H3/t4-,5+,7+;/m1./s1. The van der Waals surface area contributed by atoms with Crippen LogP contribution >= 0.6 is 0 Å². The minimum atomic E-state index is -1.41. The molecule has 0 aliphatic rings. The summed E-state index contributed by atoms with van der Waals surface area (Å²) in [6.07, 6.45) is -2.66. The van der Waals surface area contributed by atoms with Crippen molar-refractivity contribution in [3.63, 3.8) is 0 Å². The average molecular weight is 409 g/mol. The minimum absolute atomic E-state index is 0.104. The second-order valence-electron chi connectivity index (χ2n) is 7.31. The van der Waals surface area contributed by atoms with Gasteiger partial charge in [0.15, 0.2) is 6.04 Å². The van der Waals surface area contributed by atoms with Crippen LogP contribution in [0.25, 0.3) is 0 Å². The number of hydrogen-bond donors (Lipinski definition) is 6. The fraction of sp³-hybridized carbons (Fsp3) is 0.750. The summed E-state index contributed by atoms with van der Waals surface area (Å²) in [6.45, 7) is 1.65. The number of aliphatic carboxylic acids is 3. The zero-order valence-electron chi connectivity index (χ0n) is 16.5. The van der Waals surface area contributed by atoms with Gasteiger partial charge in [0.1, 0.15) is 18.7 Å². The van der Waals surface area contributed by atoms with Crippen LogP contribution in [0.15, 0.2) is 0 Å². The molecule has 0 rings (SSSR count). The fourth-order valence-corrected chi connectivity index (χ4v) is 1.93. The quantitative estimate of drug-likeness (QED) is 0.184. The minimum Gasteiger partial charge on any atom is -0.550 e. The van der Waals surface area contributed by atoms with E-state index in [9.17, 15) is 24.3 Å². The highest BCUT2D eigenvalue weighted by molar-refractivity contribution is 5.84. The number of carboxylic acids is 3. The van der Waals surface area contributed by atoms with Gasteiger partial charge in [-0.1, -0.05) is 0 Å². The maximum Gasteiger partial charge on any atom is 0.328 e. The van der Waals surface area contributed by atoms with Gasteiger partial charge < -0.3 is 45.9 Å². The highest BCUT2D eigenvalue weighted by atomic mass is 16.4. The third-order valence-electron chi connectivity index (χ3n) is 3.23. The van der Waals surface area contributed by atoms with Crippen molar-refractivity contribution >= 4 is 23.8 Å². The number of aliphatic hydroxyl groups is 2. The lowest BCUT2D eigenvalue weighted by Crippen LogP contribution is -2.48. The number of nitrogens with one attached hydrogen (secondary N) is 1. The molecule has 4 atom stereocenters. The molecule has 0 radical (unpaired) electrons. The average Bonchev–Trinajstić information content (AvgIpc) is 2.47. The zero-order valence-corrected chi connectivity index (χ0v) is 16.5. The first-order chi connectivity index (χ1) is 12.6. The molecule has 7 N–H and O–H groups in total. The van der Waals surface area contributed by atoms with Gasteiger partial charge in [0, 0.05) is 18.8 Å². The van der Waals surface area contributed by atoms with Gasteiger partial charge in [-0.05, 0) is 13.3 Å². The molecule has 0 fully saturated rings. The molecule has 12 nitrogen and oxygen atoms in total. The van der Waals surface area contributed by atoms with Crippen molar-refractivity contribution in [1.82, 2.24) is 5.32 Å². The topological polar surface area (TPSA) is 210 Å². The summed E-state index contributed by atoms with van der Waals surface area (Å²) in [5, 5.41) is 47.4. The molecule has 12 heteroatoms. The Morgan fingerprint density at radius 3 is 1.89 bits per heavy atom. The number of nitrogens with zero attached hydrogens (tertiary/aromatic N) is 1. The molecule has 1 unspecified atom stereocenters. The second-order valence-corrected chi connectivity index (χ2v) is 7.31. The lowest BCUT2D eigenvalue weighted by molar-refractivity contribution is -0.873. The fourth-order valence-electron chi connectivity index (χ4n) is 1.93. The van der Waals surface area contributed by atoms with E-state index in [1.807, 2.05) is 21.1 Å². The molecule has 0 aliphatic heterocycles. The molecule has 0 bridgehead atoms. The molecule has 0 aromatic carbocycles. The Balaban J connectivity index is 0. The molecule has 0 spiro atoms. The van der Waals surface area contributed by atoms with Gasteiger partial charge in [0.25, 0.3) is 0 Å². The van der Waals surface area contributed by atoms with Crippen LogP contribution in [-0.2, 0) is 19.2 Å². The summed E-state index contributed by atoms with van der Waals surface area (Å²) in [7, 11) is 5.66. The van der Waals surface area contributed by atoms with Crippen LogP contribution in [0.3, 0.4) is 0 Å². The molecule has 0 aromatic rings. The van der Waals surface area contributed by atoms with Gasteiger partial charge in [-0.15, -0.1) is 0 Å². The Kier molecular flexibility index (Phi) is 13.0. The molecule has 0 aliphatic carbocycles. The molecule has 164 valence electrons. The van der Waals surface area contributed by atoms with Gasteiger partial charge >= 0.3 is 11.9 Å². The Hall–Kier alpha value is -2.28. The van der Waals surface area contributed by atoms with Crippen LogP contribution in [0, 0.1) is 0 Å². The maximum atomic E-state index is 11.3. The van der Waals surface area contributed by atoms with E-state index in [0.717, 1.165) is 0 Å². The predicted molar refractivity (Wildman–Crippen MR) is 94.6 cm³/mol. The molecule has 0 saturated carbocycles. The third-order valence-corrected chi connectivity index (χ3v) is 3.23. The highest BCUT2D eigenvalue weighted by Crippen LogP contribution is 1.99. The SMILES string of the molecule is C[C@@H](O)[C@H](NC(=O)CC[C@H](N)C(=O)O)C(=O)O.C[N+](C)(C)CC(O)CC(=O)[O-]. The van der Waals surface area contributed by atoms with Crippen LogP contribution < -0.4 is 16.2 Å². The van der Waals surface area contributed by atoms with Crippen molar-refractivity contribution < 1.29 is 49.2 Å². The number of carbonyl (C=O) groups is 4. The summed E-state index contributed by atoms with van der Waals surface area (Å²) < 4.78 is 0.550. The first kappa shape index (κ1) is 27.9. The maximum absolute atomic E-state index is 11.3. The van der Waals surface area contributed by atoms with Crippen LogP contribution in [0.2, 0.25) is 0 Å². The van der Waals surface area contributed by atoms with Gasteiger partial charge in [-0.3, -0.25) is 9.59 Å². The summed E-state index contributed by atoms with van der Waals surface area (Å²) in [5.41, 5.74) is 5.17. The molecule has 0 heterocycles. The number of carbonyl (C=O) groups excluding carboxylic acids is 2. The van der Waals surface area contributed by atoms with Crippen molar-refractivity contribution in [1.29, 1.82) is 0 Å². The van der Waals surface area contributed by atoms with Crippen molar-refractivity contribution in [3.8, 4) is 0 Å². The van der Waals surface area contributed by atoms with E-state index in [-0.39, 0.29) is 19.3 Å². The Bertz CT molecular complexity index is 532. The second kappa shape index (κ2) is 13.0. The number of aliphatic hydroxyl groups excluding tert-OH is 2. The van der Waals surface area contributed by atoms with Crippen molar-refractivity contribution in [3.05, 3.63) is 0 Å². The number of hydrogen-bond acceptors (Lipinski definition) is 8. The van der Waals surface area contributed by atoms with E-state index in [0.29, 0.717) is 11.0 Å². The number of likely N-dealkylation sites (N-methyl/N-ethyl adjacent to an activating group) is 1. The lowest BCUT2D eigenvalue weighted by atomic mass is 10.1. The Labute approximate surface area is 163 Å². The Morgan fingerprint density at radius 1 is 1.07 bits per heavy atom. The van der Waals surface area contributed by atoms with E-state index >= 15 is 0 Å². The van der Waals surface area contributed by atoms with Crippen LogP contribution in [-0.4, -0.2) is 101 Å². The smallest absolute Gasteiger partial charge is 0.328 e. The van der Waals surface area contributed by atoms with E-state index in [2.05, 4.69) is 5.32 Å².